The standard InChI is InChI=1S/C35H49ClO/c1-23(2)9-8-10-24(3)28-15-16-29-27-14-13-26-21-35(20-17-25-11-6-7-12-31(25)36)32(37-35)22-34(26,5)30(27)18-19-33(28,29)4/h6-7,11-12,23-24,26-30,32H,8-10,13-16,18-19,21-22H2,1-5H3/t24-,26-,27-,28+,29-,30-,32+,33+,34-,35-/m0/s1. The molecule has 0 aromatic heterocycles. The summed E-state index contributed by atoms with van der Waals surface area (Å²) in [5.41, 5.74) is 1.74. The second-order valence-electron chi connectivity index (χ2n) is 14.8. The number of rotatable bonds is 5. The van der Waals surface area contributed by atoms with Crippen LogP contribution in [-0.4, -0.2) is 11.7 Å². The molecule has 10 atom stereocenters. The van der Waals surface area contributed by atoms with Crippen LogP contribution in [0.5, 0.6) is 0 Å². The summed E-state index contributed by atoms with van der Waals surface area (Å²) in [7, 11) is 0. The van der Waals surface area contributed by atoms with Crippen molar-refractivity contribution in [2.45, 2.75) is 117 Å². The van der Waals surface area contributed by atoms with Crippen molar-refractivity contribution in [3.8, 4) is 11.8 Å². The lowest BCUT2D eigenvalue weighted by molar-refractivity contribution is -0.112. The highest BCUT2D eigenvalue weighted by Gasteiger charge is 2.68. The average molecular weight is 521 g/mol. The van der Waals surface area contributed by atoms with E-state index in [4.69, 9.17) is 16.3 Å². The smallest absolute Gasteiger partial charge is 0.155 e. The van der Waals surface area contributed by atoms with Gasteiger partial charge in [-0.05, 0) is 116 Å². The number of benzene rings is 1. The van der Waals surface area contributed by atoms with Crippen LogP contribution in [0.15, 0.2) is 24.3 Å². The maximum absolute atomic E-state index is 6.46. The van der Waals surface area contributed by atoms with Gasteiger partial charge in [-0.15, -0.1) is 0 Å². The second-order valence-corrected chi connectivity index (χ2v) is 15.2. The van der Waals surface area contributed by atoms with E-state index in [-0.39, 0.29) is 5.60 Å². The van der Waals surface area contributed by atoms with Crippen molar-refractivity contribution in [3.05, 3.63) is 34.9 Å². The van der Waals surface area contributed by atoms with Crippen molar-refractivity contribution in [3.63, 3.8) is 0 Å². The van der Waals surface area contributed by atoms with Gasteiger partial charge < -0.3 is 4.74 Å². The first kappa shape index (κ1) is 26.3. The molecule has 1 aliphatic heterocycles. The SMILES string of the molecule is CC(C)CCC[C@H](C)[C@H]1CC[C@H]2[C@@H]3CC[C@H]4C[C@]5(C#Cc6ccccc6Cl)O[C@@H]5C[C@]4(C)[C@H]3CC[C@]12C. The largest absolute Gasteiger partial charge is 0.352 e. The molecule has 1 aromatic rings. The fourth-order valence-corrected chi connectivity index (χ4v) is 10.7. The van der Waals surface area contributed by atoms with Crippen LogP contribution < -0.4 is 0 Å². The molecular weight excluding hydrogens is 472 g/mol. The Kier molecular flexibility index (Phi) is 6.81. The van der Waals surface area contributed by atoms with Crippen molar-refractivity contribution in [2.24, 2.45) is 52.3 Å². The van der Waals surface area contributed by atoms with E-state index in [0.29, 0.717) is 16.9 Å². The lowest BCUT2D eigenvalue weighted by Crippen LogP contribution is -2.54. The van der Waals surface area contributed by atoms with Gasteiger partial charge in [-0.3, -0.25) is 0 Å². The topological polar surface area (TPSA) is 12.5 Å². The Morgan fingerprint density at radius 1 is 0.946 bits per heavy atom. The fraction of sp³-hybridized carbons (Fsp3) is 0.771. The molecule has 0 radical (unpaired) electrons. The van der Waals surface area contributed by atoms with Crippen LogP contribution in [0, 0.1) is 64.1 Å². The molecule has 0 amide bonds. The molecule has 0 bridgehead atoms. The number of fused-ring (bicyclic) bond motifs is 6. The first-order valence-corrected chi connectivity index (χ1v) is 16.0. The van der Waals surface area contributed by atoms with Crippen molar-refractivity contribution in [1.82, 2.24) is 0 Å². The Bertz CT molecular complexity index is 1070. The summed E-state index contributed by atoms with van der Waals surface area (Å²) < 4.78 is 6.46. The molecule has 5 aliphatic rings. The molecule has 0 spiro atoms. The Morgan fingerprint density at radius 2 is 1.73 bits per heavy atom. The van der Waals surface area contributed by atoms with Crippen LogP contribution in [0.25, 0.3) is 0 Å². The van der Waals surface area contributed by atoms with Crippen molar-refractivity contribution >= 4 is 11.6 Å². The van der Waals surface area contributed by atoms with E-state index in [1.54, 1.807) is 0 Å². The molecule has 1 nitrogen and oxygen atoms in total. The van der Waals surface area contributed by atoms with Crippen LogP contribution in [0.4, 0.5) is 0 Å². The zero-order chi connectivity index (χ0) is 26.0. The van der Waals surface area contributed by atoms with Crippen LogP contribution in [0.1, 0.15) is 111 Å². The van der Waals surface area contributed by atoms with E-state index in [1.165, 1.54) is 64.2 Å². The normalized spacial score (nSPS) is 44.6. The molecule has 202 valence electrons. The highest BCUT2D eigenvalue weighted by molar-refractivity contribution is 6.31. The molecule has 2 heteroatoms. The van der Waals surface area contributed by atoms with Gasteiger partial charge in [-0.2, -0.15) is 0 Å². The monoisotopic (exact) mass is 520 g/mol. The molecule has 37 heavy (non-hydrogen) atoms. The number of hydrogen-bond donors (Lipinski definition) is 0. The Hall–Kier alpha value is -0.970. The second kappa shape index (κ2) is 9.59. The zero-order valence-corrected chi connectivity index (χ0v) is 24.7. The fourth-order valence-electron chi connectivity index (χ4n) is 10.5. The molecule has 5 fully saturated rings. The molecule has 6 rings (SSSR count). The predicted molar refractivity (Wildman–Crippen MR) is 154 cm³/mol. The minimum absolute atomic E-state index is 0.205. The number of epoxide rings is 1. The molecular formula is C35H49ClO. The molecule has 4 aliphatic carbocycles. The van der Waals surface area contributed by atoms with Crippen LogP contribution >= 0.6 is 11.6 Å². The first-order valence-electron chi connectivity index (χ1n) is 15.6. The number of hydrogen-bond acceptors (Lipinski definition) is 1. The lowest BCUT2D eigenvalue weighted by Gasteiger charge is -2.60. The molecule has 1 heterocycles. The predicted octanol–water partition coefficient (Wildman–Crippen LogP) is 9.56. The molecule has 1 saturated heterocycles. The van der Waals surface area contributed by atoms with Gasteiger partial charge in [0, 0.05) is 5.56 Å². The Labute approximate surface area is 231 Å². The molecule has 0 unspecified atom stereocenters. The van der Waals surface area contributed by atoms with Crippen LogP contribution in [-0.2, 0) is 4.74 Å². The van der Waals surface area contributed by atoms with Gasteiger partial charge in [0.1, 0.15) is 6.10 Å². The van der Waals surface area contributed by atoms with E-state index in [2.05, 4.69) is 46.5 Å². The Morgan fingerprint density at radius 3 is 2.51 bits per heavy atom. The van der Waals surface area contributed by atoms with Gasteiger partial charge in [0.25, 0.3) is 0 Å². The van der Waals surface area contributed by atoms with Gasteiger partial charge in [0.15, 0.2) is 5.60 Å². The van der Waals surface area contributed by atoms with Crippen LogP contribution in [0.3, 0.4) is 0 Å². The first-order chi connectivity index (χ1) is 17.7. The van der Waals surface area contributed by atoms with Crippen LogP contribution in [0.2, 0.25) is 5.02 Å². The third-order valence-electron chi connectivity index (χ3n) is 12.5. The quantitative estimate of drug-likeness (QED) is 0.278. The highest BCUT2D eigenvalue weighted by atomic mass is 35.5. The van der Waals surface area contributed by atoms with E-state index in [0.717, 1.165) is 58.4 Å². The average Bonchev–Trinajstić information content (AvgIpc) is 3.41. The lowest BCUT2D eigenvalue weighted by atomic mass is 9.44. The van der Waals surface area contributed by atoms with E-state index in [9.17, 15) is 0 Å². The molecule has 4 saturated carbocycles. The minimum atomic E-state index is -0.205. The van der Waals surface area contributed by atoms with E-state index < -0.39 is 0 Å². The highest BCUT2D eigenvalue weighted by Crippen LogP contribution is 2.71. The van der Waals surface area contributed by atoms with Crippen molar-refractivity contribution < 1.29 is 4.74 Å². The van der Waals surface area contributed by atoms with Gasteiger partial charge in [0.05, 0.1) is 5.02 Å². The molecule has 0 N–H and O–H groups in total. The third kappa shape index (κ3) is 4.42. The maximum Gasteiger partial charge on any atom is 0.155 e. The van der Waals surface area contributed by atoms with E-state index in [1.807, 2.05) is 24.3 Å². The van der Waals surface area contributed by atoms with Gasteiger partial charge >= 0.3 is 0 Å². The summed E-state index contributed by atoms with van der Waals surface area (Å²) in [5, 5.41) is 0.749. The third-order valence-corrected chi connectivity index (χ3v) is 12.9. The van der Waals surface area contributed by atoms with Crippen molar-refractivity contribution in [2.75, 3.05) is 0 Å². The minimum Gasteiger partial charge on any atom is -0.352 e. The van der Waals surface area contributed by atoms with Crippen molar-refractivity contribution in [1.29, 1.82) is 0 Å². The summed E-state index contributed by atoms with van der Waals surface area (Å²) in [6.45, 7) is 12.7. The van der Waals surface area contributed by atoms with Gasteiger partial charge in [-0.1, -0.05) is 89.5 Å². The summed E-state index contributed by atoms with van der Waals surface area (Å²) in [6.07, 6.45) is 15.6. The summed E-state index contributed by atoms with van der Waals surface area (Å²) >= 11 is 6.39. The summed E-state index contributed by atoms with van der Waals surface area (Å²) in [6, 6.07) is 7.96. The maximum atomic E-state index is 6.46. The zero-order valence-electron chi connectivity index (χ0n) is 24.0. The number of halogens is 1. The Balaban J connectivity index is 1.15. The van der Waals surface area contributed by atoms with E-state index >= 15 is 0 Å². The summed E-state index contributed by atoms with van der Waals surface area (Å²) in [5.74, 6) is 13.2. The summed E-state index contributed by atoms with van der Waals surface area (Å²) in [4.78, 5) is 0. The van der Waals surface area contributed by atoms with Gasteiger partial charge in [-0.25, -0.2) is 0 Å². The number of ether oxygens (including phenoxy) is 1. The molecule has 1 aromatic carbocycles. The van der Waals surface area contributed by atoms with Gasteiger partial charge in [0.2, 0.25) is 0 Å².